The Hall–Kier alpha value is -1.13. The molecule has 1 atom stereocenters. The van der Waals surface area contributed by atoms with E-state index in [1.54, 1.807) is 6.20 Å². The molecule has 0 saturated carbocycles. The maximum absolute atomic E-state index is 6.13. The molecule has 114 valence electrons. The number of pyridine rings is 1. The van der Waals surface area contributed by atoms with E-state index in [9.17, 15) is 0 Å². The van der Waals surface area contributed by atoms with Gasteiger partial charge in [-0.15, -0.1) is 0 Å². The van der Waals surface area contributed by atoms with Crippen molar-refractivity contribution in [2.45, 2.75) is 58.6 Å². The Balaban J connectivity index is 3.00. The number of aromatic nitrogens is 1. The van der Waals surface area contributed by atoms with Crippen LogP contribution in [-0.4, -0.2) is 29.8 Å². The summed E-state index contributed by atoms with van der Waals surface area (Å²) in [5.74, 6) is 0.619. The van der Waals surface area contributed by atoms with Gasteiger partial charge in [0, 0.05) is 18.8 Å². The highest BCUT2D eigenvalue weighted by Gasteiger charge is 2.36. The molecule has 0 aliphatic rings. The summed E-state index contributed by atoms with van der Waals surface area (Å²) < 4.78 is 6.13. The van der Waals surface area contributed by atoms with Crippen LogP contribution in [0.15, 0.2) is 18.3 Å². The number of nitrogens with zero attached hydrogens (tertiary/aromatic N) is 1. The summed E-state index contributed by atoms with van der Waals surface area (Å²) in [5.41, 5.74) is 6.93. The number of nitrogen functional groups attached to an aromatic ring is 1. The van der Waals surface area contributed by atoms with Gasteiger partial charge in [-0.05, 0) is 44.4 Å². The van der Waals surface area contributed by atoms with E-state index in [0.717, 1.165) is 38.0 Å². The molecule has 1 unspecified atom stereocenters. The lowest BCUT2D eigenvalue weighted by Gasteiger charge is -2.40. The summed E-state index contributed by atoms with van der Waals surface area (Å²) in [6.45, 7) is 10.2. The maximum Gasteiger partial charge on any atom is 0.126 e. The lowest BCUT2D eigenvalue weighted by Crippen LogP contribution is -2.53. The third kappa shape index (κ3) is 3.93. The molecule has 20 heavy (non-hydrogen) atoms. The maximum atomic E-state index is 6.13. The topological polar surface area (TPSA) is 60.2 Å². The minimum absolute atomic E-state index is 0.146. The van der Waals surface area contributed by atoms with Gasteiger partial charge in [-0.2, -0.15) is 0 Å². The van der Waals surface area contributed by atoms with Gasteiger partial charge in [0.25, 0.3) is 0 Å². The van der Waals surface area contributed by atoms with Gasteiger partial charge in [0.05, 0.1) is 5.60 Å². The van der Waals surface area contributed by atoms with Crippen molar-refractivity contribution >= 4 is 5.82 Å². The van der Waals surface area contributed by atoms with Crippen molar-refractivity contribution in [2.75, 3.05) is 18.9 Å². The molecule has 0 aromatic carbocycles. The molecule has 0 saturated heterocycles. The summed E-state index contributed by atoms with van der Waals surface area (Å²) >= 11 is 0. The lowest BCUT2D eigenvalue weighted by atomic mass is 9.84. The number of likely N-dealkylation sites (N-methyl/N-ethyl adjacent to an activating group) is 1. The zero-order valence-electron chi connectivity index (χ0n) is 13.3. The molecular weight excluding hydrogens is 250 g/mol. The first kappa shape index (κ1) is 16.9. The molecule has 1 aromatic rings. The van der Waals surface area contributed by atoms with E-state index in [4.69, 9.17) is 10.5 Å². The Labute approximate surface area is 123 Å². The van der Waals surface area contributed by atoms with Crippen LogP contribution in [0, 0.1) is 0 Å². The normalized spacial score (nSPS) is 13.4. The van der Waals surface area contributed by atoms with E-state index in [-0.39, 0.29) is 11.6 Å². The number of nitrogens with two attached hydrogens (primary N) is 1. The third-order valence-electron chi connectivity index (χ3n) is 4.06. The average molecular weight is 279 g/mol. The van der Waals surface area contributed by atoms with E-state index in [2.05, 4.69) is 44.1 Å². The van der Waals surface area contributed by atoms with Crippen molar-refractivity contribution in [3.05, 3.63) is 23.9 Å². The fourth-order valence-corrected chi connectivity index (χ4v) is 2.87. The molecule has 0 aliphatic carbocycles. The van der Waals surface area contributed by atoms with Gasteiger partial charge in [-0.25, -0.2) is 4.98 Å². The summed E-state index contributed by atoms with van der Waals surface area (Å²) in [7, 11) is 0. The van der Waals surface area contributed by atoms with Crippen molar-refractivity contribution in [3.8, 4) is 0 Å². The minimum atomic E-state index is -0.146. The molecule has 0 spiro atoms. The largest absolute Gasteiger partial charge is 0.383 e. The highest BCUT2D eigenvalue weighted by atomic mass is 16.5. The summed E-state index contributed by atoms with van der Waals surface area (Å²) in [6.07, 6.45) is 4.54. The van der Waals surface area contributed by atoms with E-state index in [1.165, 1.54) is 0 Å². The Morgan fingerprint density at radius 2 is 2.00 bits per heavy atom. The molecule has 3 N–H and O–H groups in total. The molecule has 1 heterocycles. The van der Waals surface area contributed by atoms with Crippen LogP contribution in [0.3, 0.4) is 0 Å². The van der Waals surface area contributed by atoms with Crippen LogP contribution in [0.1, 0.15) is 46.1 Å². The third-order valence-corrected chi connectivity index (χ3v) is 4.06. The zero-order valence-corrected chi connectivity index (χ0v) is 13.3. The van der Waals surface area contributed by atoms with Gasteiger partial charge in [0.2, 0.25) is 0 Å². The van der Waals surface area contributed by atoms with Gasteiger partial charge >= 0.3 is 0 Å². The molecule has 0 radical (unpaired) electrons. The molecule has 1 aromatic heterocycles. The summed E-state index contributed by atoms with van der Waals surface area (Å²) in [6, 6.07) is 4.23. The van der Waals surface area contributed by atoms with Gasteiger partial charge < -0.3 is 15.8 Å². The first-order valence-corrected chi connectivity index (χ1v) is 7.70. The lowest BCUT2D eigenvalue weighted by molar-refractivity contribution is -0.0715. The number of hydrogen-bond acceptors (Lipinski definition) is 4. The molecule has 0 bridgehead atoms. The molecule has 0 aliphatic heterocycles. The first-order valence-electron chi connectivity index (χ1n) is 7.70. The van der Waals surface area contributed by atoms with Crippen LogP contribution in [0.4, 0.5) is 5.82 Å². The number of ether oxygens (including phenoxy) is 1. The Morgan fingerprint density at radius 3 is 2.50 bits per heavy atom. The number of anilines is 1. The molecule has 4 nitrogen and oxygen atoms in total. The Bertz CT molecular complexity index is 391. The second-order valence-corrected chi connectivity index (χ2v) is 5.07. The number of hydrogen-bond donors (Lipinski definition) is 2. The molecular formula is C16H29N3O. The van der Waals surface area contributed by atoms with Crippen LogP contribution in [-0.2, 0) is 11.2 Å². The van der Waals surface area contributed by atoms with Gasteiger partial charge in [-0.3, -0.25) is 0 Å². The van der Waals surface area contributed by atoms with Gasteiger partial charge in [0.15, 0.2) is 0 Å². The number of nitrogens with one attached hydrogen (secondary N) is 1. The monoisotopic (exact) mass is 279 g/mol. The molecule has 4 heteroatoms. The average Bonchev–Trinajstić information content (AvgIpc) is 2.47. The van der Waals surface area contributed by atoms with Gasteiger partial charge in [0.1, 0.15) is 5.82 Å². The fraction of sp³-hybridized carbons (Fsp3) is 0.688. The van der Waals surface area contributed by atoms with Crippen LogP contribution in [0.5, 0.6) is 0 Å². The van der Waals surface area contributed by atoms with E-state index in [1.807, 2.05) is 6.07 Å². The van der Waals surface area contributed by atoms with Crippen molar-refractivity contribution in [2.24, 2.45) is 0 Å². The first-order chi connectivity index (χ1) is 9.63. The fourth-order valence-electron chi connectivity index (χ4n) is 2.87. The quantitative estimate of drug-likeness (QED) is 0.729. The second-order valence-electron chi connectivity index (χ2n) is 5.07. The zero-order chi connectivity index (χ0) is 15.0. The van der Waals surface area contributed by atoms with Crippen LogP contribution in [0.2, 0.25) is 0 Å². The Morgan fingerprint density at radius 1 is 1.30 bits per heavy atom. The standard InChI is InChI=1S/C16H29N3O/c1-5-16(6-2,20-8-4)14(18-7-3)12-13-10-9-11-19-15(13)17/h9-11,14,18H,5-8,12H2,1-4H3,(H2,17,19). The van der Waals surface area contributed by atoms with Gasteiger partial charge in [-0.1, -0.05) is 26.8 Å². The summed E-state index contributed by atoms with van der Waals surface area (Å²) in [4.78, 5) is 4.18. The second kappa shape index (κ2) is 8.22. The summed E-state index contributed by atoms with van der Waals surface area (Å²) in [5, 5.41) is 3.58. The van der Waals surface area contributed by atoms with Crippen molar-refractivity contribution in [1.82, 2.24) is 10.3 Å². The van der Waals surface area contributed by atoms with Crippen molar-refractivity contribution < 1.29 is 4.74 Å². The number of rotatable bonds is 9. The minimum Gasteiger partial charge on any atom is -0.383 e. The smallest absolute Gasteiger partial charge is 0.126 e. The molecule has 1 rings (SSSR count). The van der Waals surface area contributed by atoms with E-state index in [0.29, 0.717) is 5.82 Å². The Kier molecular flexibility index (Phi) is 6.96. The van der Waals surface area contributed by atoms with Crippen LogP contribution < -0.4 is 11.1 Å². The predicted octanol–water partition coefficient (Wildman–Crippen LogP) is 2.78. The highest BCUT2D eigenvalue weighted by Crippen LogP contribution is 2.28. The highest BCUT2D eigenvalue weighted by molar-refractivity contribution is 5.39. The molecule has 0 fully saturated rings. The van der Waals surface area contributed by atoms with Crippen LogP contribution >= 0.6 is 0 Å². The predicted molar refractivity (Wildman–Crippen MR) is 84.8 cm³/mol. The van der Waals surface area contributed by atoms with Crippen molar-refractivity contribution in [3.63, 3.8) is 0 Å². The molecule has 0 amide bonds. The van der Waals surface area contributed by atoms with E-state index < -0.39 is 0 Å². The van der Waals surface area contributed by atoms with E-state index >= 15 is 0 Å². The SMILES string of the molecule is CCNC(Cc1cccnc1N)C(CC)(CC)OCC. The van der Waals surface area contributed by atoms with Crippen molar-refractivity contribution in [1.29, 1.82) is 0 Å². The van der Waals surface area contributed by atoms with Crippen LogP contribution in [0.25, 0.3) is 0 Å².